The first-order valence-corrected chi connectivity index (χ1v) is 11.9. The van der Waals surface area contributed by atoms with Crippen molar-refractivity contribution >= 4 is 56.5 Å². The fourth-order valence-corrected chi connectivity index (χ4v) is 6.48. The second kappa shape index (κ2) is 7.51. The molecule has 154 valence electrons. The van der Waals surface area contributed by atoms with Crippen LogP contribution >= 0.6 is 34.7 Å². The summed E-state index contributed by atoms with van der Waals surface area (Å²) in [5, 5.41) is 10.5. The van der Waals surface area contributed by atoms with Crippen LogP contribution < -0.4 is 5.56 Å². The predicted octanol–water partition coefficient (Wildman–Crippen LogP) is 4.40. The number of hydrogen-bond acceptors (Lipinski definition) is 6. The van der Waals surface area contributed by atoms with Gasteiger partial charge in [-0.2, -0.15) is 0 Å². The number of benzene rings is 1. The summed E-state index contributed by atoms with van der Waals surface area (Å²) in [5.41, 5.74) is 1.77. The lowest BCUT2D eigenvalue weighted by molar-refractivity contribution is 0.102. The smallest absolute Gasteiger partial charge is 0.263 e. The third-order valence-electron chi connectivity index (χ3n) is 5.63. The van der Waals surface area contributed by atoms with E-state index in [0.29, 0.717) is 27.4 Å². The molecule has 0 N–H and O–H groups in total. The molecular weight excluding hydrogens is 440 g/mol. The molecule has 6 nitrogen and oxygen atoms in total. The van der Waals surface area contributed by atoms with E-state index in [1.165, 1.54) is 22.2 Å². The minimum Gasteiger partial charge on any atom is -0.293 e. The molecule has 1 aliphatic carbocycles. The van der Waals surface area contributed by atoms with Crippen molar-refractivity contribution in [1.29, 1.82) is 0 Å². The van der Waals surface area contributed by atoms with Crippen LogP contribution in [0.15, 0.2) is 34.2 Å². The fourth-order valence-electron chi connectivity index (χ4n) is 3.97. The van der Waals surface area contributed by atoms with E-state index in [1.54, 1.807) is 47.2 Å². The Bertz CT molecular complexity index is 1350. The first kappa shape index (κ1) is 19.8. The molecule has 3 heterocycles. The SMILES string of the molecule is CC1CCc2c(sc3c2c(=O)n(C)c2nnc(SCC(=O)c4ccc(Cl)cc4)n32)C1. The summed E-state index contributed by atoms with van der Waals surface area (Å²) in [6.07, 6.45) is 3.02. The molecular formula is C21H19ClN4O2S2. The van der Waals surface area contributed by atoms with Crippen molar-refractivity contribution < 1.29 is 4.79 Å². The summed E-state index contributed by atoms with van der Waals surface area (Å²) in [6, 6.07) is 6.87. The van der Waals surface area contributed by atoms with Gasteiger partial charge in [0.05, 0.1) is 11.1 Å². The van der Waals surface area contributed by atoms with E-state index < -0.39 is 0 Å². The average Bonchev–Trinajstić information content (AvgIpc) is 3.31. The van der Waals surface area contributed by atoms with Crippen molar-refractivity contribution in [3.8, 4) is 0 Å². The zero-order chi connectivity index (χ0) is 21.0. The second-order valence-electron chi connectivity index (χ2n) is 7.73. The number of rotatable bonds is 4. The van der Waals surface area contributed by atoms with Gasteiger partial charge in [-0.25, -0.2) is 4.40 Å². The molecule has 4 aromatic rings. The molecule has 0 saturated heterocycles. The molecule has 1 atom stereocenters. The molecule has 0 amide bonds. The Morgan fingerprint density at radius 1 is 1.30 bits per heavy atom. The van der Waals surface area contributed by atoms with Gasteiger partial charge in [-0.3, -0.25) is 14.2 Å². The standard InChI is InChI=1S/C21H19ClN4O2S2/c1-11-3-8-14-16(9-11)30-19-17(14)18(28)25(2)20-23-24-21(26(19)20)29-10-15(27)12-4-6-13(22)7-5-12/h4-7,11H,3,8-10H2,1-2H3. The molecule has 0 bridgehead atoms. The zero-order valence-electron chi connectivity index (χ0n) is 16.5. The maximum Gasteiger partial charge on any atom is 0.263 e. The van der Waals surface area contributed by atoms with E-state index in [0.717, 1.165) is 29.5 Å². The lowest BCUT2D eigenvalue weighted by Crippen LogP contribution is -2.21. The molecule has 0 fully saturated rings. The van der Waals surface area contributed by atoms with E-state index >= 15 is 0 Å². The summed E-state index contributed by atoms with van der Waals surface area (Å²) in [4.78, 5) is 27.8. The highest BCUT2D eigenvalue weighted by Crippen LogP contribution is 2.37. The van der Waals surface area contributed by atoms with Crippen molar-refractivity contribution in [3.05, 3.63) is 55.6 Å². The Morgan fingerprint density at radius 2 is 2.07 bits per heavy atom. The normalized spacial score (nSPS) is 16.3. The lowest BCUT2D eigenvalue weighted by atomic mass is 9.89. The van der Waals surface area contributed by atoms with Crippen LogP contribution in [0.25, 0.3) is 16.0 Å². The Hall–Kier alpha value is -2.16. The highest BCUT2D eigenvalue weighted by molar-refractivity contribution is 7.99. The van der Waals surface area contributed by atoms with Crippen LogP contribution in [-0.4, -0.2) is 30.7 Å². The van der Waals surface area contributed by atoms with Crippen LogP contribution in [0.3, 0.4) is 0 Å². The Morgan fingerprint density at radius 3 is 2.83 bits per heavy atom. The number of fused-ring (bicyclic) bond motifs is 5. The van der Waals surface area contributed by atoms with Crippen molar-refractivity contribution in [2.24, 2.45) is 13.0 Å². The van der Waals surface area contributed by atoms with Gasteiger partial charge >= 0.3 is 0 Å². The van der Waals surface area contributed by atoms with Gasteiger partial charge in [0.15, 0.2) is 10.9 Å². The monoisotopic (exact) mass is 458 g/mol. The maximum absolute atomic E-state index is 13.1. The molecule has 5 rings (SSSR count). The number of Topliss-reactive ketones (excluding diaryl/α,β-unsaturated/α-hetero) is 1. The highest BCUT2D eigenvalue weighted by atomic mass is 35.5. The Kier molecular flexibility index (Phi) is 4.95. The van der Waals surface area contributed by atoms with Crippen molar-refractivity contribution in [3.63, 3.8) is 0 Å². The Balaban J connectivity index is 1.57. The highest BCUT2D eigenvalue weighted by Gasteiger charge is 2.26. The van der Waals surface area contributed by atoms with E-state index in [-0.39, 0.29) is 17.1 Å². The molecule has 30 heavy (non-hydrogen) atoms. The molecule has 3 aromatic heterocycles. The van der Waals surface area contributed by atoms with Gasteiger partial charge in [-0.1, -0.05) is 30.3 Å². The molecule has 1 aromatic carbocycles. The third-order valence-corrected chi connectivity index (χ3v) is 8.05. The Labute approximate surface area is 185 Å². The zero-order valence-corrected chi connectivity index (χ0v) is 18.9. The first-order chi connectivity index (χ1) is 14.4. The number of aromatic nitrogens is 4. The van der Waals surface area contributed by atoms with Gasteiger partial charge in [0, 0.05) is 22.5 Å². The van der Waals surface area contributed by atoms with Crippen LogP contribution in [-0.2, 0) is 19.9 Å². The summed E-state index contributed by atoms with van der Waals surface area (Å²) in [6.45, 7) is 2.25. The predicted molar refractivity (Wildman–Crippen MR) is 121 cm³/mol. The molecule has 0 saturated carbocycles. The van der Waals surface area contributed by atoms with Crippen LogP contribution in [0.1, 0.15) is 34.1 Å². The summed E-state index contributed by atoms with van der Waals surface area (Å²) in [5.74, 6) is 1.35. The summed E-state index contributed by atoms with van der Waals surface area (Å²) in [7, 11) is 1.73. The number of halogens is 1. The molecule has 0 aliphatic heterocycles. The topological polar surface area (TPSA) is 69.3 Å². The summed E-state index contributed by atoms with van der Waals surface area (Å²) < 4.78 is 3.50. The number of aryl methyl sites for hydroxylation is 2. The van der Waals surface area contributed by atoms with Crippen molar-refractivity contribution in [2.75, 3.05) is 5.75 Å². The average molecular weight is 459 g/mol. The minimum atomic E-state index is -0.0225. The number of thiophene rings is 1. The fraction of sp³-hybridized carbons (Fsp3) is 0.333. The van der Waals surface area contributed by atoms with Gasteiger partial charge in [-0.15, -0.1) is 21.5 Å². The minimum absolute atomic E-state index is 0.00576. The molecule has 1 unspecified atom stereocenters. The second-order valence-corrected chi connectivity index (χ2v) is 10.2. The number of carbonyl (C=O) groups is 1. The first-order valence-electron chi connectivity index (χ1n) is 9.74. The van der Waals surface area contributed by atoms with E-state index in [2.05, 4.69) is 17.1 Å². The molecule has 9 heteroatoms. The van der Waals surface area contributed by atoms with Crippen LogP contribution in [0, 0.1) is 5.92 Å². The number of ketones is 1. The van der Waals surface area contributed by atoms with Crippen LogP contribution in [0.4, 0.5) is 0 Å². The van der Waals surface area contributed by atoms with Gasteiger partial charge in [-0.05, 0) is 55.0 Å². The van der Waals surface area contributed by atoms with Crippen LogP contribution in [0.5, 0.6) is 0 Å². The van der Waals surface area contributed by atoms with E-state index in [4.69, 9.17) is 11.6 Å². The van der Waals surface area contributed by atoms with Crippen molar-refractivity contribution in [1.82, 2.24) is 19.2 Å². The quantitative estimate of drug-likeness (QED) is 0.335. The van der Waals surface area contributed by atoms with E-state index in [9.17, 15) is 9.59 Å². The summed E-state index contributed by atoms with van der Waals surface area (Å²) >= 11 is 8.91. The van der Waals surface area contributed by atoms with Crippen LogP contribution in [0.2, 0.25) is 5.02 Å². The lowest BCUT2D eigenvalue weighted by Gasteiger charge is -2.17. The number of thioether (sulfide) groups is 1. The van der Waals surface area contributed by atoms with Gasteiger partial charge in [0.25, 0.3) is 5.56 Å². The number of nitrogens with zero attached hydrogens (tertiary/aromatic N) is 4. The molecule has 1 aliphatic rings. The van der Waals surface area contributed by atoms with Crippen molar-refractivity contribution in [2.45, 2.75) is 31.3 Å². The third kappa shape index (κ3) is 3.18. The number of hydrogen-bond donors (Lipinski definition) is 0. The van der Waals surface area contributed by atoms with E-state index in [1.807, 2.05) is 4.40 Å². The van der Waals surface area contributed by atoms with Gasteiger partial charge in [0.1, 0.15) is 4.83 Å². The number of carbonyl (C=O) groups excluding carboxylic acids is 1. The maximum atomic E-state index is 13.1. The molecule has 0 radical (unpaired) electrons. The van der Waals surface area contributed by atoms with Gasteiger partial charge in [0.2, 0.25) is 5.78 Å². The van der Waals surface area contributed by atoms with Gasteiger partial charge < -0.3 is 0 Å². The largest absolute Gasteiger partial charge is 0.293 e. The molecule has 0 spiro atoms.